The number of pyridine rings is 1. The van der Waals surface area contributed by atoms with Crippen LogP contribution in [0.1, 0.15) is 77.7 Å². The van der Waals surface area contributed by atoms with E-state index in [1.54, 1.807) is 33.9 Å². The molecule has 4 aliphatic rings. The summed E-state index contributed by atoms with van der Waals surface area (Å²) in [4.78, 5) is 65.0. The molecule has 2 aromatic carbocycles. The molecular formula is C46H55F3N4O8S. The van der Waals surface area contributed by atoms with Gasteiger partial charge in [0, 0.05) is 54.9 Å². The summed E-state index contributed by atoms with van der Waals surface area (Å²) in [6, 6.07) is 13.8. The Hall–Kier alpha value is -4.99. The van der Waals surface area contributed by atoms with Gasteiger partial charge < -0.3 is 19.3 Å². The number of allylic oxidation sites excluding steroid dienone is 1. The predicted molar refractivity (Wildman–Crippen MR) is 226 cm³/mol. The van der Waals surface area contributed by atoms with Crippen molar-refractivity contribution in [3.63, 3.8) is 0 Å². The monoisotopic (exact) mass is 880 g/mol. The third-order valence-corrected chi connectivity index (χ3v) is 15.1. The number of piperidine rings is 1. The van der Waals surface area contributed by atoms with E-state index >= 15 is 0 Å². The number of likely N-dealkylation sites (tertiary alicyclic amines) is 2. The fourth-order valence-corrected chi connectivity index (χ4v) is 10.5. The summed E-state index contributed by atoms with van der Waals surface area (Å²) in [7, 11) is -2.36. The fraction of sp³-hybridized carbons (Fsp3) is 0.543. The largest absolute Gasteiger partial charge is 0.496 e. The van der Waals surface area contributed by atoms with Crippen molar-refractivity contribution in [1.82, 2.24) is 19.5 Å². The zero-order valence-electron chi connectivity index (χ0n) is 35.8. The van der Waals surface area contributed by atoms with Crippen LogP contribution in [0.15, 0.2) is 61.2 Å². The van der Waals surface area contributed by atoms with Crippen LogP contribution in [0.2, 0.25) is 0 Å². The van der Waals surface area contributed by atoms with Gasteiger partial charge in [-0.2, -0.15) is 13.2 Å². The van der Waals surface area contributed by atoms with Crippen LogP contribution in [0, 0.1) is 35.5 Å². The second kappa shape index (κ2) is 16.9. The van der Waals surface area contributed by atoms with Gasteiger partial charge in [-0.25, -0.2) is 13.4 Å². The van der Waals surface area contributed by atoms with Gasteiger partial charge in [-0.15, -0.1) is 6.58 Å². The van der Waals surface area contributed by atoms with Gasteiger partial charge in [-0.05, 0) is 62.5 Å². The number of amides is 3. The molecule has 62 heavy (non-hydrogen) atoms. The number of nitrogens with zero attached hydrogens (tertiary/aromatic N) is 3. The SMILES string of the molecule is C=C[C@@H]1C[C@]1(CC(=O)[C@@H]1C[C@@H](Oc2cc(-c3ccccc3)nc3c(C)c(OC)ccc23)CN1C(=O)[C@@H](CC(=O)N1CCC(C(F)(F)F)CC1)C(C)(C)C)C(=O)NS(=O)(=O)C1CC1. The number of halogens is 3. The number of Topliss-reactive ketones (excluding diaryl/α,β-unsaturated/α-hetero) is 1. The van der Waals surface area contributed by atoms with Crippen LogP contribution in [0.5, 0.6) is 11.5 Å². The normalized spacial score (nSPS) is 23.8. The van der Waals surface area contributed by atoms with Crippen molar-refractivity contribution in [1.29, 1.82) is 0 Å². The van der Waals surface area contributed by atoms with Gasteiger partial charge >= 0.3 is 6.18 Å². The Bertz CT molecular complexity index is 2360. The molecule has 0 unspecified atom stereocenters. The summed E-state index contributed by atoms with van der Waals surface area (Å²) in [6.45, 7) is 10.9. The summed E-state index contributed by atoms with van der Waals surface area (Å²) >= 11 is 0. The number of aromatic nitrogens is 1. The maximum atomic E-state index is 15.0. The van der Waals surface area contributed by atoms with Crippen molar-refractivity contribution in [3.8, 4) is 22.8 Å². The molecule has 2 aliphatic heterocycles. The third-order valence-electron chi connectivity index (χ3n) is 13.2. The van der Waals surface area contributed by atoms with Crippen molar-refractivity contribution in [2.45, 2.75) is 103 Å². The molecule has 1 aromatic heterocycles. The van der Waals surface area contributed by atoms with Gasteiger partial charge in [0.25, 0.3) is 0 Å². The second-order valence-corrected chi connectivity index (χ2v) is 20.4. The Balaban J connectivity index is 1.21. The van der Waals surface area contributed by atoms with E-state index in [-0.39, 0.29) is 58.2 Å². The lowest BCUT2D eigenvalue weighted by atomic mass is 9.77. The minimum atomic E-state index is -4.36. The number of carbonyl (C=O) groups excluding carboxylic acids is 4. The van der Waals surface area contributed by atoms with Gasteiger partial charge in [0.15, 0.2) is 5.78 Å². The Morgan fingerprint density at radius 2 is 1.69 bits per heavy atom. The number of methoxy groups -OCH3 is 1. The van der Waals surface area contributed by atoms with Gasteiger partial charge in [-0.1, -0.05) is 57.2 Å². The molecule has 5 atom stereocenters. The molecule has 1 N–H and O–H groups in total. The van der Waals surface area contributed by atoms with Crippen LogP contribution in [0.4, 0.5) is 13.2 Å². The minimum Gasteiger partial charge on any atom is -0.496 e. The lowest BCUT2D eigenvalue weighted by molar-refractivity contribution is -0.186. The summed E-state index contributed by atoms with van der Waals surface area (Å²) in [5.41, 5.74) is 0.646. The van der Waals surface area contributed by atoms with Crippen LogP contribution in [0.3, 0.4) is 0 Å². The van der Waals surface area contributed by atoms with E-state index < -0.39 is 85.7 Å². The second-order valence-electron chi connectivity index (χ2n) is 18.5. The van der Waals surface area contributed by atoms with E-state index in [4.69, 9.17) is 14.5 Å². The molecule has 334 valence electrons. The van der Waals surface area contributed by atoms with Crippen molar-refractivity contribution in [3.05, 3.63) is 66.7 Å². The van der Waals surface area contributed by atoms with Crippen LogP contribution < -0.4 is 14.2 Å². The molecular weight excluding hydrogens is 826 g/mol. The molecule has 4 fully saturated rings. The fourth-order valence-electron chi connectivity index (χ4n) is 9.10. The Morgan fingerprint density at radius 3 is 2.27 bits per heavy atom. The molecule has 7 rings (SSSR count). The lowest BCUT2D eigenvalue weighted by Gasteiger charge is -2.37. The van der Waals surface area contributed by atoms with E-state index in [2.05, 4.69) is 11.3 Å². The summed E-state index contributed by atoms with van der Waals surface area (Å²) < 4.78 is 80.7. The zero-order valence-corrected chi connectivity index (χ0v) is 36.6. The first kappa shape index (κ1) is 45.0. The highest BCUT2D eigenvalue weighted by Gasteiger charge is 2.61. The van der Waals surface area contributed by atoms with Gasteiger partial charge in [-0.3, -0.25) is 23.9 Å². The van der Waals surface area contributed by atoms with E-state index in [0.717, 1.165) is 11.1 Å². The van der Waals surface area contributed by atoms with Crippen LogP contribution in [-0.4, -0.2) is 97.0 Å². The number of nitrogens with one attached hydrogen (secondary N) is 1. The highest BCUT2D eigenvalue weighted by atomic mass is 32.2. The molecule has 0 bridgehead atoms. The number of ketones is 1. The molecule has 12 nitrogen and oxygen atoms in total. The number of ether oxygens (including phenoxy) is 2. The Kier molecular flexibility index (Phi) is 12.3. The number of hydrogen-bond donors (Lipinski definition) is 1. The molecule has 3 amide bonds. The van der Waals surface area contributed by atoms with Crippen LogP contribution >= 0.6 is 0 Å². The average molecular weight is 881 g/mol. The van der Waals surface area contributed by atoms with Gasteiger partial charge in [0.1, 0.15) is 17.6 Å². The smallest absolute Gasteiger partial charge is 0.391 e. The first-order chi connectivity index (χ1) is 29.2. The van der Waals surface area contributed by atoms with Crippen molar-refractivity contribution >= 4 is 44.4 Å². The lowest BCUT2D eigenvalue weighted by Crippen LogP contribution is -2.50. The number of alkyl halides is 3. The Labute approximate surface area is 360 Å². The third kappa shape index (κ3) is 9.21. The van der Waals surface area contributed by atoms with Crippen LogP contribution in [-0.2, 0) is 29.2 Å². The highest BCUT2D eigenvalue weighted by Crippen LogP contribution is 2.57. The number of fused-ring (bicyclic) bond motifs is 1. The molecule has 16 heteroatoms. The first-order valence-electron chi connectivity index (χ1n) is 21.2. The number of benzene rings is 2. The van der Waals surface area contributed by atoms with Crippen molar-refractivity contribution < 1.29 is 50.2 Å². The van der Waals surface area contributed by atoms with E-state index in [9.17, 15) is 40.8 Å². The molecule has 0 radical (unpaired) electrons. The molecule has 3 aromatic rings. The average Bonchev–Trinajstić information content (AvgIpc) is 4.16. The summed E-state index contributed by atoms with van der Waals surface area (Å²) in [6.07, 6.45) is -3.57. The molecule has 0 spiro atoms. The van der Waals surface area contributed by atoms with Gasteiger partial charge in [0.2, 0.25) is 27.7 Å². The van der Waals surface area contributed by atoms with Gasteiger partial charge in [0.05, 0.1) is 53.4 Å². The Morgan fingerprint density at radius 1 is 1.02 bits per heavy atom. The van der Waals surface area contributed by atoms with Crippen LogP contribution in [0.25, 0.3) is 22.2 Å². The van der Waals surface area contributed by atoms with E-state index in [1.807, 2.05) is 49.4 Å². The molecule has 2 aliphatic carbocycles. The number of sulfonamides is 1. The van der Waals surface area contributed by atoms with Crippen molar-refractivity contribution in [2.24, 2.45) is 28.6 Å². The molecule has 3 heterocycles. The topological polar surface area (TPSA) is 152 Å². The molecule has 2 saturated carbocycles. The van der Waals surface area contributed by atoms with E-state index in [1.165, 1.54) is 15.9 Å². The quantitative estimate of drug-likeness (QED) is 0.166. The molecule has 2 saturated heterocycles. The highest BCUT2D eigenvalue weighted by molar-refractivity contribution is 7.90. The zero-order chi connectivity index (χ0) is 44.9. The predicted octanol–water partition coefficient (Wildman–Crippen LogP) is 7.18. The van der Waals surface area contributed by atoms with Crippen molar-refractivity contribution in [2.75, 3.05) is 26.7 Å². The summed E-state index contributed by atoms with van der Waals surface area (Å²) in [5, 5.41) is 0.00738. The number of hydrogen-bond acceptors (Lipinski definition) is 9. The first-order valence-corrected chi connectivity index (χ1v) is 22.8. The number of carbonyl (C=O) groups is 4. The summed E-state index contributed by atoms with van der Waals surface area (Å²) in [5.74, 6) is -4.07. The number of aryl methyl sites for hydroxylation is 1. The number of rotatable bonds is 14. The van der Waals surface area contributed by atoms with E-state index in [0.29, 0.717) is 40.9 Å². The maximum Gasteiger partial charge on any atom is 0.391 e. The standard InChI is InChI=1S/C46H55F3N4O8S/c1-7-29-24-45(29,43(57)51-62(58,59)32-13-14-32)25-37(54)36-21-31(61-39-23-35(28-11-9-8-10-12-28)50-41-27(2)38(60-6)16-15-33(39)41)26-53(36)42(56)34(44(3,4)5)22-40(55)52-19-17-30(18-20-52)46(47,48)49/h7-12,15-16,23,29-32,34,36H,1,13-14,17-22,24-26H2,2-6H3,(H,51,57)/t29-,31-,34-,36+,45-/m1/s1. The minimum absolute atomic E-state index is 0.0246. The maximum absolute atomic E-state index is 15.0.